The Morgan fingerprint density at radius 3 is 2.94 bits per heavy atom. The van der Waals surface area contributed by atoms with Gasteiger partial charge in [0.15, 0.2) is 0 Å². The van der Waals surface area contributed by atoms with Crippen molar-refractivity contribution in [2.75, 3.05) is 13.1 Å². The number of pyridine rings is 1. The fourth-order valence-electron chi connectivity index (χ4n) is 1.70. The largest absolute Gasteiger partial charge is 0.317 e. The molecule has 1 heterocycles. The average molecular weight is 241 g/mol. The van der Waals surface area contributed by atoms with Gasteiger partial charge in [0.05, 0.1) is 5.02 Å². The maximum Gasteiger partial charge on any atom is 0.0621 e. The van der Waals surface area contributed by atoms with E-state index in [9.17, 15) is 0 Å². The van der Waals surface area contributed by atoms with Crippen LogP contribution in [-0.2, 0) is 6.42 Å². The van der Waals surface area contributed by atoms with E-state index in [1.165, 1.54) is 18.4 Å². The summed E-state index contributed by atoms with van der Waals surface area (Å²) in [7, 11) is 0. The first-order valence-corrected chi connectivity index (χ1v) is 6.41. The van der Waals surface area contributed by atoms with Gasteiger partial charge in [-0.15, -0.1) is 0 Å². The van der Waals surface area contributed by atoms with Crippen LogP contribution in [0.3, 0.4) is 0 Å². The highest BCUT2D eigenvalue weighted by Gasteiger charge is 2.06. The van der Waals surface area contributed by atoms with Crippen LogP contribution in [0.1, 0.15) is 32.3 Å². The van der Waals surface area contributed by atoms with Crippen molar-refractivity contribution in [3.63, 3.8) is 0 Å². The molecule has 0 fully saturated rings. The van der Waals surface area contributed by atoms with Crippen molar-refractivity contribution in [3.05, 3.63) is 29.0 Å². The van der Waals surface area contributed by atoms with Gasteiger partial charge in [-0.25, -0.2) is 0 Å². The molecule has 1 aromatic rings. The SMILES string of the molecule is CCCNCCC(C)Cc1ccncc1Cl. The highest BCUT2D eigenvalue weighted by atomic mass is 35.5. The molecule has 0 aliphatic rings. The number of hydrogen-bond acceptors (Lipinski definition) is 2. The normalized spacial score (nSPS) is 12.7. The molecule has 16 heavy (non-hydrogen) atoms. The molecule has 1 aromatic heterocycles. The third-order valence-electron chi connectivity index (χ3n) is 2.67. The molecule has 90 valence electrons. The minimum atomic E-state index is 0.657. The van der Waals surface area contributed by atoms with Crippen LogP contribution in [0.15, 0.2) is 18.5 Å². The number of nitrogens with zero attached hydrogens (tertiary/aromatic N) is 1. The third kappa shape index (κ3) is 4.95. The third-order valence-corrected chi connectivity index (χ3v) is 3.01. The molecule has 0 saturated heterocycles. The number of hydrogen-bond donors (Lipinski definition) is 1. The Kier molecular flexibility index (Phi) is 6.43. The molecule has 2 nitrogen and oxygen atoms in total. The lowest BCUT2D eigenvalue weighted by molar-refractivity contribution is 0.498. The Hall–Kier alpha value is -0.600. The van der Waals surface area contributed by atoms with Gasteiger partial charge in [-0.05, 0) is 49.9 Å². The Morgan fingerprint density at radius 2 is 2.25 bits per heavy atom. The Bertz CT molecular complexity index is 302. The maximum absolute atomic E-state index is 6.07. The monoisotopic (exact) mass is 240 g/mol. The first kappa shape index (κ1) is 13.5. The molecule has 1 rings (SSSR count). The number of rotatable bonds is 7. The van der Waals surface area contributed by atoms with Gasteiger partial charge in [-0.3, -0.25) is 4.98 Å². The predicted octanol–water partition coefficient (Wildman–Crippen LogP) is 3.30. The number of aromatic nitrogens is 1. The van der Waals surface area contributed by atoms with Crippen LogP contribution in [-0.4, -0.2) is 18.1 Å². The summed E-state index contributed by atoms with van der Waals surface area (Å²) in [6.45, 7) is 6.66. The molecule has 0 amide bonds. The van der Waals surface area contributed by atoms with E-state index in [0.29, 0.717) is 5.92 Å². The van der Waals surface area contributed by atoms with Gasteiger partial charge in [0.2, 0.25) is 0 Å². The van der Waals surface area contributed by atoms with Crippen molar-refractivity contribution in [3.8, 4) is 0 Å². The van der Waals surface area contributed by atoms with E-state index in [1.807, 2.05) is 12.3 Å². The van der Waals surface area contributed by atoms with E-state index in [0.717, 1.165) is 24.5 Å². The zero-order chi connectivity index (χ0) is 11.8. The standard InChI is InChI=1S/C13H21ClN2/c1-3-6-15-7-4-11(2)9-12-5-8-16-10-13(12)14/h5,8,10-11,15H,3-4,6-7,9H2,1-2H3. The van der Waals surface area contributed by atoms with Crippen molar-refractivity contribution in [2.45, 2.75) is 33.1 Å². The number of nitrogens with one attached hydrogen (secondary N) is 1. The van der Waals surface area contributed by atoms with Crippen LogP contribution in [0, 0.1) is 5.92 Å². The van der Waals surface area contributed by atoms with Crippen molar-refractivity contribution < 1.29 is 0 Å². The lowest BCUT2D eigenvalue weighted by atomic mass is 9.99. The predicted molar refractivity (Wildman–Crippen MR) is 69.9 cm³/mol. The van der Waals surface area contributed by atoms with Crippen LogP contribution >= 0.6 is 11.6 Å². The fraction of sp³-hybridized carbons (Fsp3) is 0.615. The highest BCUT2D eigenvalue weighted by molar-refractivity contribution is 6.31. The highest BCUT2D eigenvalue weighted by Crippen LogP contribution is 2.18. The Morgan fingerprint density at radius 1 is 1.44 bits per heavy atom. The molecule has 0 bridgehead atoms. The summed E-state index contributed by atoms with van der Waals surface area (Å²) in [5.41, 5.74) is 1.21. The van der Waals surface area contributed by atoms with Gasteiger partial charge < -0.3 is 5.32 Å². The first-order chi connectivity index (χ1) is 7.74. The quantitative estimate of drug-likeness (QED) is 0.740. The smallest absolute Gasteiger partial charge is 0.0621 e. The zero-order valence-electron chi connectivity index (χ0n) is 10.2. The topological polar surface area (TPSA) is 24.9 Å². The molecule has 1 N–H and O–H groups in total. The Balaban J connectivity index is 2.28. The molecule has 1 unspecified atom stereocenters. The second-order valence-electron chi connectivity index (χ2n) is 4.32. The van der Waals surface area contributed by atoms with Crippen molar-refractivity contribution >= 4 is 11.6 Å². The van der Waals surface area contributed by atoms with Gasteiger partial charge in [0, 0.05) is 12.4 Å². The maximum atomic E-state index is 6.07. The van der Waals surface area contributed by atoms with E-state index in [1.54, 1.807) is 6.20 Å². The van der Waals surface area contributed by atoms with Crippen LogP contribution in [0.2, 0.25) is 5.02 Å². The van der Waals surface area contributed by atoms with E-state index >= 15 is 0 Å². The van der Waals surface area contributed by atoms with E-state index in [2.05, 4.69) is 24.1 Å². The minimum Gasteiger partial charge on any atom is -0.317 e. The van der Waals surface area contributed by atoms with E-state index in [-0.39, 0.29) is 0 Å². The first-order valence-electron chi connectivity index (χ1n) is 6.03. The summed E-state index contributed by atoms with van der Waals surface area (Å²) < 4.78 is 0. The van der Waals surface area contributed by atoms with Crippen LogP contribution in [0.25, 0.3) is 0 Å². The van der Waals surface area contributed by atoms with Crippen LogP contribution < -0.4 is 5.32 Å². The van der Waals surface area contributed by atoms with Crippen LogP contribution in [0.4, 0.5) is 0 Å². The molecule has 0 aliphatic carbocycles. The molecule has 0 spiro atoms. The summed E-state index contributed by atoms with van der Waals surface area (Å²) in [6.07, 6.45) is 6.96. The van der Waals surface area contributed by atoms with Crippen molar-refractivity contribution in [2.24, 2.45) is 5.92 Å². The summed E-state index contributed by atoms with van der Waals surface area (Å²) in [6, 6.07) is 2.01. The molecule has 1 atom stereocenters. The van der Waals surface area contributed by atoms with Crippen molar-refractivity contribution in [1.29, 1.82) is 0 Å². The molecule has 0 radical (unpaired) electrons. The van der Waals surface area contributed by atoms with Crippen LogP contribution in [0.5, 0.6) is 0 Å². The van der Waals surface area contributed by atoms with Gasteiger partial charge in [0.1, 0.15) is 0 Å². The Labute approximate surface area is 103 Å². The second kappa shape index (κ2) is 7.64. The minimum absolute atomic E-state index is 0.657. The summed E-state index contributed by atoms with van der Waals surface area (Å²) in [4.78, 5) is 3.99. The molecular formula is C13H21ClN2. The zero-order valence-corrected chi connectivity index (χ0v) is 10.9. The van der Waals surface area contributed by atoms with Gasteiger partial charge in [0.25, 0.3) is 0 Å². The van der Waals surface area contributed by atoms with Crippen molar-refractivity contribution in [1.82, 2.24) is 10.3 Å². The van der Waals surface area contributed by atoms with Gasteiger partial charge in [-0.1, -0.05) is 25.4 Å². The van der Waals surface area contributed by atoms with E-state index in [4.69, 9.17) is 11.6 Å². The molecule has 0 aromatic carbocycles. The van der Waals surface area contributed by atoms with Gasteiger partial charge >= 0.3 is 0 Å². The number of halogens is 1. The molecule has 0 saturated carbocycles. The second-order valence-corrected chi connectivity index (χ2v) is 4.72. The lowest BCUT2D eigenvalue weighted by Crippen LogP contribution is -2.18. The molecule has 0 aliphatic heterocycles. The molecular weight excluding hydrogens is 220 g/mol. The molecule has 3 heteroatoms. The van der Waals surface area contributed by atoms with Gasteiger partial charge in [-0.2, -0.15) is 0 Å². The summed E-state index contributed by atoms with van der Waals surface area (Å²) >= 11 is 6.07. The summed E-state index contributed by atoms with van der Waals surface area (Å²) in [5, 5.41) is 4.21. The fourth-order valence-corrected chi connectivity index (χ4v) is 1.89. The lowest BCUT2D eigenvalue weighted by Gasteiger charge is -2.12. The average Bonchev–Trinajstić information content (AvgIpc) is 2.28. The van der Waals surface area contributed by atoms with E-state index < -0.39 is 0 Å². The summed E-state index contributed by atoms with van der Waals surface area (Å²) in [5.74, 6) is 0.657.